The van der Waals surface area contributed by atoms with E-state index in [4.69, 9.17) is 4.74 Å². The summed E-state index contributed by atoms with van der Waals surface area (Å²) in [6.45, 7) is 6.20. The Morgan fingerprint density at radius 3 is 2.50 bits per heavy atom. The molecular formula is C26H31N3O5. The summed E-state index contributed by atoms with van der Waals surface area (Å²) in [6.07, 6.45) is 7.43. The number of hydrogen-bond donors (Lipinski definition) is 1. The van der Waals surface area contributed by atoms with Gasteiger partial charge in [0.1, 0.15) is 11.6 Å². The normalized spacial score (nSPS) is 34.8. The molecule has 0 saturated carbocycles. The third kappa shape index (κ3) is 3.01. The van der Waals surface area contributed by atoms with Gasteiger partial charge in [-0.1, -0.05) is 36.4 Å². The molecule has 5 rings (SSSR count). The molecule has 4 aliphatic rings. The van der Waals surface area contributed by atoms with Gasteiger partial charge in [-0.15, -0.1) is 0 Å². The number of likely N-dealkylation sites (tertiary alicyclic amines) is 1. The average molecular weight is 466 g/mol. The van der Waals surface area contributed by atoms with Crippen LogP contribution in [0.15, 0.2) is 42.5 Å². The summed E-state index contributed by atoms with van der Waals surface area (Å²) in [5.41, 5.74) is 0.426. The molecule has 2 saturated heterocycles. The number of fused-ring (bicyclic) bond motifs is 2. The quantitative estimate of drug-likeness (QED) is 0.678. The van der Waals surface area contributed by atoms with Crippen LogP contribution in [0, 0.1) is 25.7 Å². The number of carbonyl (C=O) groups excluding carboxylic acids is 3. The first-order valence-corrected chi connectivity index (χ1v) is 11.7. The van der Waals surface area contributed by atoms with Crippen molar-refractivity contribution in [3.05, 3.63) is 53.6 Å². The summed E-state index contributed by atoms with van der Waals surface area (Å²) in [7, 11) is 1.71. The highest BCUT2D eigenvalue weighted by Crippen LogP contribution is 2.57. The number of amides is 3. The van der Waals surface area contributed by atoms with Crippen molar-refractivity contribution >= 4 is 23.4 Å². The second-order valence-electron chi connectivity index (χ2n) is 10.0. The Morgan fingerprint density at radius 2 is 1.76 bits per heavy atom. The van der Waals surface area contributed by atoms with Crippen molar-refractivity contribution < 1.29 is 24.2 Å². The highest BCUT2D eigenvalue weighted by molar-refractivity contribution is 6.06. The summed E-state index contributed by atoms with van der Waals surface area (Å²) in [4.78, 5) is 46.2. The minimum Gasteiger partial charge on any atom is -0.395 e. The van der Waals surface area contributed by atoms with Crippen LogP contribution < -0.4 is 4.90 Å². The number of benzene rings is 1. The molecule has 4 aliphatic heterocycles. The maximum absolute atomic E-state index is 14.2. The fraction of sp³-hybridized carbons (Fsp3) is 0.500. The number of hydrogen-bond acceptors (Lipinski definition) is 5. The fourth-order valence-corrected chi connectivity index (χ4v) is 6.22. The van der Waals surface area contributed by atoms with Gasteiger partial charge in [0.15, 0.2) is 0 Å². The van der Waals surface area contributed by atoms with Gasteiger partial charge < -0.3 is 24.5 Å². The summed E-state index contributed by atoms with van der Waals surface area (Å²) in [6, 6.07) is 4.95. The first-order chi connectivity index (χ1) is 16.1. The van der Waals surface area contributed by atoms with Crippen LogP contribution in [0.2, 0.25) is 0 Å². The molecule has 0 bridgehead atoms. The second-order valence-corrected chi connectivity index (χ2v) is 10.0. The predicted molar refractivity (Wildman–Crippen MR) is 126 cm³/mol. The van der Waals surface area contributed by atoms with Crippen molar-refractivity contribution in [2.45, 2.75) is 38.0 Å². The van der Waals surface area contributed by atoms with E-state index in [1.165, 1.54) is 4.90 Å². The van der Waals surface area contributed by atoms with Gasteiger partial charge in [0.05, 0.1) is 24.0 Å². The summed E-state index contributed by atoms with van der Waals surface area (Å²) >= 11 is 0. The van der Waals surface area contributed by atoms with E-state index in [0.29, 0.717) is 13.1 Å². The minimum absolute atomic E-state index is 0.00532. The highest BCUT2D eigenvalue weighted by Gasteiger charge is 2.74. The van der Waals surface area contributed by atoms with Crippen molar-refractivity contribution in [1.29, 1.82) is 0 Å². The lowest BCUT2D eigenvalue weighted by Crippen LogP contribution is -2.56. The molecule has 5 atom stereocenters. The third-order valence-electron chi connectivity index (χ3n) is 7.75. The molecule has 4 heterocycles. The molecule has 0 radical (unpaired) electrons. The molecule has 2 fully saturated rings. The Hall–Kier alpha value is -2.97. The number of ether oxygens (including phenoxy) is 1. The lowest BCUT2D eigenvalue weighted by molar-refractivity contribution is -0.148. The van der Waals surface area contributed by atoms with Crippen molar-refractivity contribution in [1.82, 2.24) is 9.80 Å². The second kappa shape index (κ2) is 7.78. The molecule has 1 spiro atoms. The molecule has 180 valence electrons. The lowest BCUT2D eigenvalue weighted by atomic mass is 9.74. The van der Waals surface area contributed by atoms with E-state index in [1.807, 2.05) is 63.3 Å². The van der Waals surface area contributed by atoms with Gasteiger partial charge in [0, 0.05) is 32.4 Å². The SMILES string of the molecule is Cc1ccc(C)c(N2CC=C[C@]34O[C@]5(C)C=CCN(C)C(=O)[C@@H]5[C@H]3C(=O)N(CCO)C4C2=O)c1. The minimum atomic E-state index is -1.30. The van der Waals surface area contributed by atoms with Crippen LogP contribution in [-0.2, 0) is 19.1 Å². The van der Waals surface area contributed by atoms with E-state index in [2.05, 4.69) is 0 Å². The van der Waals surface area contributed by atoms with Gasteiger partial charge in [-0.2, -0.15) is 0 Å². The van der Waals surface area contributed by atoms with Gasteiger partial charge in [-0.25, -0.2) is 0 Å². The van der Waals surface area contributed by atoms with E-state index in [-0.39, 0.29) is 30.9 Å². The van der Waals surface area contributed by atoms with Gasteiger partial charge in [-0.3, -0.25) is 14.4 Å². The molecule has 1 aromatic carbocycles. The lowest BCUT2D eigenvalue weighted by Gasteiger charge is -2.37. The average Bonchev–Trinajstić information content (AvgIpc) is 3.05. The molecule has 8 nitrogen and oxygen atoms in total. The van der Waals surface area contributed by atoms with Gasteiger partial charge >= 0.3 is 0 Å². The van der Waals surface area contributed by atoms with E-state index >= 15 is 0 Å². The van der Waals surface area contributed by atoms with Crippen LogP contribution in [0.3, 0.4) is 0 Å². The Bertz CT molecular complexity index is 1130. The molecule has 3 amide bonds. The van der Waals surface area contributed by atoms with Crippen molar-refractivity contribution in [2.24, 2.45) is 11.8 Å². The zero-order valence-corrected chi connectivity index (χ0v) is 20.0. The number of anilines is 1. The maximum Gasteiger partial charge on any atom is 0.253 e. The van der Waals surface area contributed by atoms with Crippen LogP contribution in [0.4, 0.5) is 5.69 Å². The molecule has 34 heavy (non-hydrogen) atoms. The maximum atomic E-state index is 14.2. The fourth-order valence-electron chi connectivity index (χ4n) is 6.22. The first kappa shape index (κ1) is 22.8. The zero-order valence-electron chi connectivity index (χ0n) is 20.0. The number of aryl methyl sites for hydroxylation is 2. The molecule has 0 aromatic heterocycles. The number of rotatable bonds is 3. The molecule has 1 aromatic rings. The van der Waals surface area contributed by atoms with Gasteiger partial charge in [0.2, 0.25) is 11.8 Å². The Labute approximate surface area is 199 Å². The molecule has 8 heteroatoms. The Morgan fingerprint density at radius 1 is 1.03 bits per heavy atom. The number of aliphatic hydroxyl groups is 1. The third-order valence-corrected chi connectivity index (χ3v) is 7.75. The smallest absolute Gasteiger partial charge is 0.253 e. The van der Waals surface area contributed by atoms with Crippen LogP contribution in [0.25, 0.3) is 0 Å². The molecule has 0 aliphatic carbocycles. The van der Waals surface area contributed by atoms with Crippen molar-refractivity contribution in [3.63, 3.8) is 0 Å². The van der Waals surface area contributed by atoms with Gasteiger partial charge in [-0.05, 0) is 38.0 Å². The van der Waals surface area contributed by atoms with E-state index < -0.39 is 29.1 Å². The summed E-state index contributed by atoms with van der Waals surface area (Å²) in [5, 5.41) is 9.77. The van der Waals surface area contributed by atoms with Crippen molar-refractivity contribution in [2.75, 3.05) is 38.2 Å². The van der Waals surface area contributed by atoms with Crippen LogP contribution >= 0.6 is 0 Å². The number of β-amino-alcohol motifs (C(OH)–C–C–N with tert-alkyl or cyclic N) is 1. The number of likely N-dealkylation sites (N-methyl/N-ethyl adjacent to an activating group) is 1. The monoisotopic (exact) mass is 465 g/mol. The predicted octanol–water partition coefficient (Wildman–Crippen LogP) is 1.20. The largest absolute Gasteiger partial charge is 0.395 e. The van der Waals surface area contributed by atoms with E-state index in [1.54, 1.807) is 16.8 Å². The number of nitrogens with zero attached hydrogens (tertiary/aromatic N) is 3. The van der Waals surface area contributed by atoms with Crippen molar-refractivity contribution in [3.8, 4) is 0 Å². The topological polar surface area (TPSA) is 90.4 Å². The van der Waals surface area contributed by atoms with E-state index in [0.717, 1.165) is 16.8 Å². The Balaban J connectivity index is 1.67. The van der Waals surface area contributed by atoms with Gasteiger partial charge in [0.25, 0.3) is 5.91 Å². The van der Waals surface area contributed by atoms with Crippen LogP contribution in [0.1, 0.15) is 18.1 Å². The number of aliphatic hydroxyl groups excluding tert-OH is 1. The van der Waals surface area contributed by atoms with Crippen LogP contribution in [-0.4, -0.2) is 83.2 Å². The highest BCUT2D eigenvalue weighted by atomic mass is 16.5. The Kier molecular flexibility index (Phi) is 5.22. The van der Waals surface area contributed by atoms with E-state index in [9.17, 15) is 19.5 Å². The molecule has 1 N–H and O–H groups in total. The molecule has 1 unspecified atom stereocenters. The summed E-state index contributed by atoms with van der Waals surface area (Å²) in [5.74, 6) is -2.40. The molecular weight excluding hydrogens is 434 g/mol. The standard InChI is InChI=1S/C26H31N3O5/c1-16-7-8-17(2)18(15-16)28-12-6-10-26-20(23(32)29(13-14-30)21(26)24(28)33)19-22(31)27(4)11-5-9-25(19,3)34-26/h5-10,15,19-21,30H,11-14H2,1-4H3/t19-,20-,21?,25+,26-/m0/s1. The number of carbonyl (C=O) groups is 3. The zero-order chi connectivity index (χ0) is 24.4. The summed E-state index contributed by atoms with van der Waals surface area (Å²) < 4.78 is 6.69. The first-order valence-electron chi connectivity index (χ1n) is 11.7. The van der Waals surface area contributed by atoms with Crippen LogP contribution in [0.5, 0.6) is 0 Å².